The summed E-state index contributed by atoms with van der Waals surface area (Å²) in [4.78, 5) is -0.0174. The lowest BCUT2D eigenvalue weighted by Gasteiger charge is -2.11. The van der Waals surface area contributed by atoms with E-state index in [0.29, 0.717) is 29.7 Å². The summed E-state index contributed by atoms with van der Waals surface area (Å²) in [6.07, 6.45) is 2.40. The first-order valence-electron chi connectivity index (χ1n) is 6.69. The zero-order chi connectivity index (χ0) is 15.5. The average Bonchev–Trinajstić information content (AvgIpc) is 3.22. The predicted octanol–water partition coefficient (Wildman–Crippen LogP) is 2.16. The molecule has 8 heteroatoms. The van der Waals surface area contributed by atoms with E-state index in [1.54, 1.807) is 0 Å². The summed E-state index contributed by atoms with van der Waals surface area (Å²) >= 11 is 11.9. The van der Waals surface area contributed by atoms with E-state index in [2.05, 4.69) is 4.72 Å². The van der Waals surface area contributed by atoms with Gasteiger partial charge in [0.15, 0.2) is 0 Å². The van der Waals surface area contributed by atoms with Gasteiger partial charge >= 0.3 is 0 Å². The molecule has 0 aliphatic heterocycles. The molecule has 1 fully saturated rings. The maximum absolute atomic E-state index is 12.2. The summed E-state index contributed by atoms with van der Waals surface area (Å²) < 4.78 is 32.3. The fourth-order valence-corrected chi connectivity index (χ4v) is 3.68. The minimum absolute atomic E-state index is 0.0174. The minimum atomic E-state index is -3.70. The van der Waals surface area contributed by atoms with Crippen LogP contribution in [0.1, 0.15) is 18.4 Å². The smallest absolute Gasteiger partial charge is 0.242 e. The second-order valence-electron chi connectivity index (χ2n) is 4.99. The van der Waals surface area contributed by atoms with Gasteiger partial charge in [-0.1, -0.05) is 23.2 Å². The van der Waals surface area contributed by atoms with Crippen molar-refractivity contribution in [3.8, 4) is 0 Å². The number of nitrogens with one attached hydrogen (secondary N) is 1. The lowest BCUT2D eigenvalue weighted by molar-refractivity contribution is 0.129. The molecule has 0 spiro atoms. The molecular weight excluding hydrogens is 335 g/mol. The van der Waals surface area contributed by atoms with Gasteiger partial charge in [-0.05, 0) is 36.5 Å². The molecule has 3 N–H and O–H groups in total. The summed E-state index contributed by atoms with van der Waals surface area (Å²) in [5, 5.41) is 0.429. The van der Waals surface area contributed by atoms with Crippen LogP contribution in [0, 0.1) is 5.92 Å². The van der Waals surface area contributed by atoms with E-state index in [1.807, 2.05) is 0 Å². The molecule has 5 nitrogen and oxygen atoms in total. The van der Waals surface area contributed by atoms with Crippen molar-refractivity contribution in [2.45, 2.75) is 24.3 Å². The Bertz CT molecular complexity index is 604. The first-order chi connectivity index (χ1) is 9.94. The number of nitrogens with two attached hydrogens (primary N) is 1. The highest BCUT2D eigenvalue weighted by Crippen LogP contribution is 2.29. The number of hydrogen-bond acceptors (Lipinski definition) is 4. The van der Waals surface area contributed by atoms with Gasteiger partial charge in [-0.3, -0.25) is 0 Å². The summed E-state index contributed by atoms with van der Waals surface area (Å²) in [6.45, 7) is 1.38. The molecule has 0 aromatic heterocycles. The molecule has 1 aromatic carbocycles. The lowest BCUT2D eigenvalue weighted by Crippen LogP contribution is -2.28. The molecule has 0 saturated heterocycles. The molecule has 118 valence electrons. The second-order valence-corrected chi connectivity index (χ2v) is 7.54. The van der Waals surface area contributed by atoms with Crippen LogP contribution in [0.2, 0.25) is 10.0 Å². The number of ether oxygens (including phenoxy) is 1. The normalized spacial score (nSPS) is 15.4. The van der Waals surface area contributed by atoms with Crippen molar-refractivity contribution in [1.29, 1.82) is 0 Å². The highest BCUT2D eigenvalue weighted by Gasteiger charge is 2.22. The van der Waals surface area contributed by atoms with Crippen LogP contribution in [0.4, 0.5) is 0 Å². The number of rotatable bonds is 8. The fourth-order valence-electron chi connectivity index (χ4n) is 1.79. The van der Waals surface area contributed by atoms with Gasteiger partial charge in [-0.25, -0.2) is 13.1 Å². The molecule has 0 unspecified atom stereocenters. The Balaban J connectivity index is 1.97. The Hall–Kier alpha value is -0.370. The summed E-state index contributed by atoms with van der Waals surface area (Å²) in [7, 11) is -3.70. The van der Waals surface area contributed by atoms with E-state index in [-0.39, 0.29) is 23.0 Å². The highest BCUT2D eigenvalue weighted by atomic mass is 35.5. The van der Waals surface area contributed by atoms with E-state index in [4.69, 9.17) is 33.7 Å². The number of benzene rings is 1. The largest absolute Gasteiger partial charge is 0.380 e. The average molecular weight is 353 g/mol. The van der Waals surface area contributed by atoms with Crippen molar-refractivity contribution in [2.75, 3.05) is 19.8 Å². The molecule has 1 aromatic rings. The zero-order valence-electron chi connectivity index (χ0n) is 11.4. The first-order valence-corrected chi connectivity index (χ1v) is 8.93. The van der Waals surface area contributed by atoms with Crippen LogP contribution < -0.4 is 10.5 Å². The van der Waals surface area contributed by atoms with Crippen LogP contribution in [-0.2, 0) is 21.3 Å². The Morgan fingerprint density at radius 1 is 1.29 bits per heavy atom. The predicted molar refractivity (Wildman–Crippen MR) is 83.1 cm³/mol. The van der Waals surface area contributed by atoms with Crippen molar-refractivity contribution in [3.05, 3.63) is 27.7 Å². The molecule has 21 heavy (non-hydrogen) atoms. The lowest BCUT2D eigenvalue weighted by atomic mass is 10.2. The van der Waals surface area contributed by atoms with Gasteiger partial charge in [-0.15, -0.1) is 0 Å². The van der Waals surface area contributed by atoms with Crippen molar-refractivity contribution < 1.29 is 13.2 Å². The first kappa shape index (κ1) is 17.0. The zero-order valence-corrected chi connectivity index (χ0v) is 13.8. The van der Waals surface area contributed by atoms with Gasteiger partial charge in [0, 0.05) is 24.7 Å². The number of halogens is 2. The van der Waals surface area contributed by atoms with Crippen LogP contribution >= 0.6 is 23.2 Å². The molecule has 2 rings (SSSR count). The van der Waals surface area contributed by atoms with Gasteiger partial charge in [-0.2, -0.15) is 0 Å². The summed E-state index contributed by atoms with van der Waals surface area (Å²) in [6, 6.07) is 2.79. The maximum Gasteiger partial charge on any atom is 0.242 e. The molecule has 1 saturated carbocycles. The summed E-state index contributed by atoms with van der Waals surface area (Å²) in [5.74, 6) is 0.652. The van der Waals surface area contributed by atoms with Gasteiger partial charge in [0.2, 0.25) is 10.0 Å². The van der Waals surface area contributed by atoms with Gasteiger partial charge in [0.05, 0.1) is 11.6 Å². The molecule has 1 aliphatic carbocycles. The van der Waals surface area contributed by atoms with E-state index in [0.717, 1.165) is 0 Å². The Morgan fingerprint density at radius 2 is 2.00 bits per heavy atom. The molecule has 1 aliphatic rings. The molecule has 0 atom stereocenters. The van der Waals surface area contributed by atoms with Crippen molar-refractivity contribution in [2.24, 2.45) is 11.7 Å². The van der Waals surface area contributed by atoms with E-state index < -0.39 is 10.0 Å². The molecule has 0 amide bonds. The van der Waals surface area contributed by atoms with E-state index >= 15 is 0 Å². The Morgan fingerprint density at radius 3 is 2.62 bits per heavy atom. The molecule has 0 bridgehead atoms. The van der Waals surface area contributed by atoms with Gasteiger partial charge in [0.1, 0.15) is 4.90 Å². The minimum Gasteiger partial charge on any atom is -0.380 e. The van der Waals surface area contributed by atoms with Crippen LogP contribution in [0.15, 0.2) is 17.0 Å². The van der Waals surface area contributed by atoms with Crippen molar-refractivity contribution in [1.82, 2.24) is 4.72 Å². The standard InChI is InChI=1S/C13H18Cl2N2O3S/c14-11-6-12(15)13(5-10(11)7-16)21(18,19)17-3-4-20-8-9-1-2-9/h5-6,9,17H,1-4,7-8,16H2. The maximum atomic E-state index is 12.2. The number of sulfonamides is 1. The monoisotopic (exact) mass is 352 g/mol. The third-order valence-electron chi connectivity index (χ3n) is 3.20. The van der Waals surface area contributed by atoms with Crippen LogP contribution in [-0.4, -0.2) is 28.2 Å². The second kappa shape index (κ2) is 7.26. The number of hydrogen-bond donors (Lipinski definition) is 2. The topological polar surface area (TPSA) is 81.4 Å². The third kappa shape index (κ3) is 4.81. The van der Waals surface area contributed by atoms with Crippen molar-refractivity contribution >= 4 is 33.2 Å². The molecule has 0 radical (unpaired) electrons. The quantitative estimate of drug-likeness (QED) is 0.702. The van der Waals surface area contributed by atoms with Crippen LogP contribution in [0.25, 0.3) is 0 Å². The highest BCUT2D eigenvalue weighted by molar-refractivity contribution is 7.89. The van der Waals surface area contributed by atoms with Crippen LogP contribution in [0.3, 0.4) is 0 Å². The van der Waals surface area contributed by atoms with Gasteiger partial charge in [0.25, 0.3) is 0 Å². The fraction of sp³-hybridized carbons (Fsp3) is 0.538. The molecule has 0 heterocycles. The summed E-state index contributed by atoms with van der Waals surface area (Å²) in [5.41, 5.74) is 6.06. The van der Waals surface area contributed by atoms with Crippen LogP contribution in [0.5, 0.6) is 0 Å². The third-order valence-corrected chi connectivity index (χ3v) is 5.48. The SMILES string of the molecule is NCc1cc(S(=O)(=O)NCCOCC2CC2)c(Cl)cc1Cl. The Kier molecular flexibility index (Phi) is 5.88. The molecular formula is C13H18Cl2N2O3S. The Labute approximate surface area is 134 Å². The van der Waals surface area contributed by atoms with E-state index in [1.165, 1.54) is 25.0 Å². The van der Waals surface area contributed by atoms with E-state index in [9.17, 15) is 8.42 Å². The van der Waals surface area contributed by atoms with Crippen molar-refractivity contribution in [3.63, 3.8) is 0 Å². The van der Waals surface area contributed by atoms with Gasteiger partial charge < -0.3 is 10.5 Å².